The van der Waals surface area contributed by atoms with Crippen LogP contribution in [0.5, 0.6) is 0 Å². The van der Waals surface area contributed by atoms with Gasteiger partial charge in [0, 0.05) is 18.5 Å². The highest BCUT2D eigenvalue weighted by atomic mass is 35.5. The Bertz CT molecular complexity index is 461. The van der Waals surface area contributed by atoms with Gasteiger partial charge >= 0.3 is 0 Å². The molecule has 0 unspecified atom stereocenters. The van der Waals surface area contributed by atoms with E-state index in [9.17, 15) is 9.59 Å². The molecule has 1 aromatic carbocycles. The molecule has 1 atom stereocenters. The van der Waals surface area contributed by atoms with Crippen LogP contribution in [0.2, 0.25) is 5.02 Å². The van der Waals surface area contributed by atoms with Crippen LogP contribution in [-0.4, -0.2) is 17.9 Å². The molecule has 2 N–H and O–H groups in total. The number of hydrogen-bond donors (Lipinski definition) is 2. The van der Waals surface area contributed by atoms with Crippen LogP contribution in [0.4, 0.5) is 0 Å². The minimum atomic E-state index is -0.517. The first-order valence-corrected chi connectivity index (χ1v) is 6.57. The minimum Gasteiger partial charge on any atom is -0.350 e. The van der Waals surface area contributed by atoms with Gasteiger partial charge in [-0.05, 0) is 23.6 Å². The highest BCUT2D eigenvalue weighted by Gasteiger charge is 2.22. The van der Waals surface area contributed by atoms with Crippen LogP contribution in [0, 0.1) is 5.92 Å². The summed E-state index contributed by atoms with van der Waals surface area (Å²) in [6.45, 7) is 5.57. The van der Waals surface area contributed by atoms with Crippen LogP contribution in [0.25, 0.3) is 0 Å². The molecule has 0 heterocycles. The molecular weight excluding hydrogens is 264 g/mol. The Morgan fingerprint density at radius 3 is 2.53 bits per heavy atom. The number of nitrogens with one attached hydrogen (secondary N) is 2. The van der Waals surface area contributed by atoms with E-state index in [1.54, 1.807) is 12.1 Å². The Balaban J connectivity index is 2.59. The normalized spacial score (nSPS) is 12.1. The third-order valence-electron chi connectivity index (χ3n) is 2.66. The maximum atomic E-state index is 12.0. The van der Waals surface area contributed by atoms with Crippen molar-refractivity contribution in [3.8, 4) is 0 Å². The van der Waals surface area contributed by atoms with Crippen LogP contribution in [0.3, 0.4) is 0 Å². The van der Waals surface area contributed by atoms with E-state index in [1.807, 2.05) is 26.0 Å². The van der Waals surface area contributed by atoms with Gasteiger partial charge in [-0.25, -0.2) is 0 Å². The predicted molar refractivity (Wildman–Crippen MR) is 75.7 cm³/mol. The fraction of sp³-hybridized carbons (Fsp3) is 0.429. The number of halogens is 1. The summed E-state index contributed by atoms with van der Waals surface area (Å²) in [4.78, 5) is 23.1. The van der Waals surface area contributed by atoms with Crippen molar-refractivity contribution in [1.29, 1.82) is 0 Å². The molecule has 19 heavy (non-hydrogen) atoms. The van der Waals surface area contributed by atoms with Crippen molar-refractivity contribution in [1.82, 2.24) is 10.6 Å². The van der Waals surface area contributed by atoms with E-state index >= 15 is 0 Å². The second kappa shape index (κ2) is 7.14. The molecule has 2 amide bonds. The first kappa shape index (κ1) is 15.5. The third-order valence-corrected chi connectivity index (χ3v) is 2.90. The molecule has 1 rings (SSSR count). The van der Waals surface area contributed by atoms with Crippen molar-refractivity contribution in [3.05, 3.63) is 34.9 Å². The highest BCUT2D eigenvalue weighted by Crippen LogP contribution is 2.10. The number of amides is 2. The maximum absolute atomic E-state index is 12.0. The summed E-state index contributed by atoms with van der Waals surface area (Å²) in [6.07, 6.45) is 0. The number of carbonyl (C=O) groups excluding carboxylic acids is 2. The minimum absolute atomic E-state index is 0.0308. The summed E-state index contributed by atoms with van der Waals surface area (Å²) in [6, 6.07) is 6.77. The number of rotatable bonds is 5. The van der Waals surface area contributed by atoms with Crippen molar-refractivity contribution >= 4 is 23.4 Å². The van der Waals surface area contributed by atoms with Gasteiger partial charge in [0.05, 0.1) is 0 Å². The van der Waals surface area contributed by atoms with Gasteiger partial charge in [0.25, 0.3) is 0 Å². The fourth-order valence-corrected chi connectivity index (χ4v) is 1.91. The predicted octanol–water partition coefficient (Wildman–Crippen LogP) is 2.12. The van der Waals surface area contributed by atoms with Gasteiger partial charge in [0.15, 0.2) is 0 Å². The second-order valence-corrected chi connectivity index (χ2v) is 5.21. The second-order valence-electron chi connectivity index (χ2n) is 4.77. The van der Waals surface area contributed by atoms with E-state index < -0.39 is 6.04 Å². The monoisotopic (exact) mass is 282 g/mol. The molecule has 0 spiro atoms. The average molecular weight is 283 g/mol. The van der Waals surface area contributed by atoms with Crippen molar-refractivity contribution in [2.45, 2.75) is 33.4 Å². The van der Waals surface area contributed by atoms with Crippen molar-refractivity contribution in [2.75, 3.05) is 0 Å². The summed E-state index contributed by atoms with van der Waals surface area (Å²) >= 11 is 5.87. The van der Waals surface area contributed by atoms with Gasteiger partial charge in [-0.3, -0.25) is 9.59 Å². The summed E-state index contributed by atoms with van der Waals surface area (Å²) in [7, 11) is 0. The van der Waals surface area contributed by atoms with Crippen molar-refractivity contribution < 1.29 is 9.59 Å². The van der Waals surface area contributed by atoms with Crippen LogP contribution >= 0.6 is 11.6 Å². The highest BCUT2D eigenvalue weighted by molar-refractivity contribution is 6.30. The smallest absolute Gasteiger partial charge is 0.243 e. The third kappa shape index (κ3) is 5.30. The molecule has 0 aliphatic carbocycles. The lowest BCUT2D eigenvalue weighted by atomic mass is 10.0. The van der Waals surface area contributed by atoms with Crippen LogP contribution in [0.1, 0.15) is 26.3 Å². The van der Waals surface area contributed by atoms with E-state index in [-0.39, 0.29) is 17.7 Å². The van der Waals surface area contributed by atoms with Gasteiger partial charge in [0.1, 0.15) is 6.04 Å². The molecule has 0 radical (unpaired) electrons. The molecule has 1 aromatic rings. The average Bonchev–Trinajstić information content (AvgIpc) is 2.32. The molecule has 0 saturated heterocycles. The van der Waals surface area contributed by atoms with Gasteiger partial charge in [-0.15, -0.1) is 0 Å². The lowest BCUT2D eigenvalue weighted by molar-refractivity contribution is -0.129. The van der Waals surface area contributed by atoms with E-state index in [1.165, 1.54) is 6.92 Å². The lowest BCUT2D eigenvalue weighted by Crippen LogP contribution is -2.48. The summed E-state index contributed by atoms with van der Waals surface area (Å²) in [5, 5.41) is 6.08. The Kier molecular flexibility index (Phi) is 5.83. The van der Waals surface area contributed by atoms with E-state index in [4.69, 9.17) is 11.6 Å². The zero-order valence-corrected chi connectivity index (χ0v) is 12.1. The summed E-state index contributed by atoms with van der Waals surface area (Å²) < 4.78 is 0. The van der Waals surface area contributed by atoms with E-state index in [2.05, 4.69) is 10.6 Å². The van der Waals surface area contributed by atoms with Gasteiger partial charge < -0.3 is 10.6 Å². The Hall–Kier alpha value is -1.55. The molecule has 104 valence electrons. The van der Waals surface area contributed by atoms with Gasteiger partial charge in [-0.2, -0.15) is 0 Å². The van der Waals surface area contributed by atoms with Crippen molar-refractivity contribution in [2.24, 2.45) is 5.92 Å². The Morgan fingerprint density at radius 1 is 1.32 bits per heavy atom. The van der Waals surface area contributed by atoms with Crippen LogP contribution < -0.4 is 10.6 Å². The quantitative estimate of drug-likeness (QED) is 0.869. The fourth-order valence-electron chi connectivity index (χ4n) is 1.70. The number of benzene rings is 1. The summed E-state index contributed by atoms with van der Waals surface area (Å²) in [5.41, 5.74) is 0.922. The number of carbonyl (C=O) groups is 2. The molecule has 0 bridgehead atoms. The maximum Gasteiger partial charge on any atom is 0.243 e. The molecule has 4 nitrogen and oxygen atoms in total. The first-order valence-electron chi connectivity index (χ1n) is 6.19. The molecule has 0 aliphatic rings. The standard InChI is InChI=1S/C14H19ClN2O2/c1-9(2)13(17-10(3)18)14(19)16-8-11-5-4-6-12(15)7-11/h4-7,9,13H,8H2,1-3H3,(H,16,19)(H,17,18)/t13-/m0/s1. The summed E-state index contributed by atoms with van der Waals surface area (Å²) in [5.74, 6) is -0.370. The molecule has 0 fully saturated rings. The van der Waals surface area contributed by atoms with E-state index in [0.29, 0.717) is 11.6 Å². The van der Waals surface area contributed by atoms with Gasteiger partial charge in [0.2, 0.25) is 11.8 Å². The topological polar surface area (TPSA) is 58.2 Å². The van der Waals surface area contributed by atoms with Crippen LogP contribution in [-0.2, 0) is 16.1 Å². The first-order chi connectivity index (χ1) is 8.90. The van der Waals surface area contributed by atoms with Gasteiger partial charge in [-0.1, -0.05) is 37.6 Å². The zero-order valence-electron chi connectivity index (χ0n) is 11.4. The molecule has 0 saturated carbocycles. The number of hydrogen-bond acceptors (Lipinski definition) is 2. The molecular formula is C14H19ClN2O2. The molecule has 0 aliphatic heterocycles. The molecule has 0 aromatic heterocycles. The SMILES string of the molecule is CC(=O)N[C@H](C(=O)NCc1cccc(Cl)c1)C(C)C. The largest absolute Gasteiger partial charge is 0.350 e. The van der Waals surface area contributed by atoms with Crippen molar-refractivity contribution in [3.63, 3.8) is 0 Å². The van der Waals surface area contributed by atoms with E-state index in [0.717, 1.165) is 5.56 Å². The Morgan fingerprint density at radius 2 is 2.00 bits per heavy atom. The lowest BCUT2D eigenvalue weighted by Gasteiger charge is -2.20. The van der Waals surface area contributed by atoms with Crippen LogP contribution in [0.15, 0.2) is 24.3 Å². The Labute approximate surface area is 118 Å². The molecule has 5 heteroatoms. The zero-order chi connectivity index (χ0) is 14.4.